The topological polar surface area (TPSA) is 26.3 Å². The Balaban J connectivity index is 2.30. The number of carbonyl (C=O) groups excluding carboxylic acids is 1. The van der Waals surface area contributed by atoms with Crippen molar-refractivity contribution in [2.45, 2.75) is 26.2 Å². The van der Waals surface area contributed by atoms with Crippen LogP contribution < -0.4 is 4.74 Å². The van der Waals surface area contributed by atoms with Gasteiger partial charge < -0.3 is 4.74 Å². The van der Waals surface area contributed by atoms with Gasteiger partial charge in [-0.25, -0.2) is 0 Å². The minimum absolute atomic E-state index is 0.137. The number of aryl methyl sites for hydroxylation is 1. The van der Waals surface area contributed by atoms with Crippen LogP contribution in [-0.4, -0.2) is 5.97 Å². The van der Waals surface area contributed by atoms with E-state index in [1.54, 1.807) is 12.1 Å². The van der Waals surface area contributed by atoms with Gasteiger partial charge in [0.2, 0.25) is 0 Å². The molecule has 0 bridgehead atoms. The van der Waals surface area contributed by atoms with Crippen molar-refractivity contribution in [3.8, 4) is 5.75 Å². The van der Waals surface area contributed by atoms with Crippen LogP contribution in [0, 0.1) is 6.92 Å². The van der Waals surface area contributed by atoms with Gasteiger partial charge in [-0.1, -0.05) is 17.7 Å². The summed E-state index contributed by atoms with van der Waals surface area (Å²) < 4.78 is 28.4. The van der Waals surface area contributed by atoms with Crippen LogP contribution >= 0.6 is 0 Å². The first-order valence-corrected chi connectivity index (χ1v) is 5.36. The van der Waals surface area contributed by atoms with Crippen LogP contribution in [0.4, 0.5) is 8.78 Å². The first kappa shape index (κ1) is 13.4. The number of halogens is 2. The summed E-state index contributed by atoms with van der Waals surface area (Å²) in [7, 11) is 0. The Morgan fingerprint density at radius 3 is 2.53 bits per heavy atom. The lowest BCUT2D eigenvalue weighted by atomic mass is 10.2. The molecule has 1 rings (SSSR count). The van der Waals surface area contributed by atoms with Crippen LogP contribution in [0.1, 0.15) is 24.8 Å². The third-order valence-electron chi connectivity index (χ3n) is 2.14. The molecule has 0 aromatic heterocycles. The third kappa shape index (κ3) is 5.80. The van der Waals surface area contributed by atoms with Crippen molar-refractivity contribution in [1.29, 1.82) is 0 Å². The molecule has 0 aliphatic carbocycles. The molecule has 0 fully saturated rings. The molecule has 1 aromatic carbocycles. The van der Waals surface area contributed by atoms with Crippen molar-refractivity contribution < 1.29 is 18.3 Å². The zero-order valence-corrected chi connectivity index (χ0v) is 9.58. The van der Waals surface area contributed by atoms with E-state index in [1.165, 1.54) is 0 Å². The molecule has 0 atom stereocenters. The van der Waals surface area contributed by atoms with Crippen molar-refractivity contribution in [2.75, 3.05) is 0 Å². The summed E-state index contributed by atoms with van der Waals surface area (Å²) in [5, 5.41) is 0. The van der Waals surface area contributed by atoms with E-state index in [0.29, 0.717) is 12.2 Å². The number of hydrogen-bond donors (Lipinski definition) is 0. The van der Waals surface area contributed by atoms with Gasteiger partial charge in [0.1, 0.15) is 5.75 Å². The van der Waals surface area contributed by atoms with Crippen LogP contribution in [-0.2, 0) is 4.79 Å². The summed E-state index contributed by atoms with van der Waals surface area (Å²) in [6.07, 6.45) is -0.221. The number of rotatable bonds is 5. The minimum Gasteiger partial charge on any atom is -0.427 e. The number of unbranched alkanes of at least 4 members (excludes halogenated alkanes) is 1. The van der Waals surface area contributed by atoms with E-state index < -0.39 is 12.0 Å². The highest BCUT2D eigenvalue weighted by Crippen LogP contribution is 2.13. The molecule has 4 heteroatoms. The molecule has 0 saturated carbocycles. The predicted molar refractivity (Wildman–Crippen MR) is 61.0 cm³/mol. The van der Waals surface area contributed by atoms with Crippen molar-refractivity contribution in [3.05, 3.63) is 42.0 Å². The van der Waals surface area contributed by atoms with Crippen molar-refractivity contribution in [2.24, 2.45) is 0 Å². The Labute approximate surface area is 98.9 Å². The molecular weight excluding hydrogens is 226 g/mol. The van der Waals surface area contributed by atoms with Gasteiger partial charge in [0.05, 0.1) is 0 Å². The zero-order valence-electron chi connectivity index (χ0n) is 9.58. The van der Waals surface area contributed by atoms with Crippen LogP contribution in [0.3, 0.4) is 0 Å². The average Bonchev–Trinajstić information content (AvgIpc) is 2.27. The first-order chi connectivity index (χ1) is 8.08. The smallest absolute Gasteiger partial charge is 0.311 e. The lowest BCUT2D eigenvalue weighted by molar-refractivity contribution is -0.134. The molecule has 92 valence electrons. The van der Waals surface area contributed by atoms with E-state index >= 15 is 0 Å². The van der Waals surface area contributed by atoms with Gasteiger partial charge in [-0.3, -0.25) is 4.79 Å². The van der Waals surface area contributed by atoms with Gasteiger partial charge in [0.25, 0.3) is 6.08 Å². The molecule has 0 amide bonds. The highest BCUT2D eigenvalue weighted by atomic mass is 19.3. The summed E-state index contributed by atoms with van der Waals surface area (Å²) in [5.74, 6) is 0.0781. The van der Waals surface area contributed by atoms with E-state index in [1.807, 2.05) is 19.1 Å². The molecule has 0 aliphatic heterocycles. The van der Waals surface area contributed by atoms with E-state index in [9.17, 15) is 13.6 Å². The average molecular weight is 240 g/mol. The maximum absolute atomic E-state index is 11.7. The second-order valence-electron chi connectivity index (χ2n) is 3.67. The Bertz CT molecular complexity index is 392. The van der Waals surface area contributed by atoms with Crippen LogP contribution in [0.2, 0.25) is 0 Å². The molecule has 1 aromatic rings. The summed E-state index contributed by atoms with van der Waals surface area (Å²) in [6, 6.07) is 7.08. The Morgan fingerprint density at radius 1 is 1.29 bits per heavy atom. The lowest BCUT2D eigenvalue weighted by Gasteiger charge is -2.03. The molecule has 0 N–H and O–H groups in total. The molecule has 17 heavy (non-hydrogen) atoms. The van der Waals surface area contributed by atoms with E-state index in [2.05, 4.69) is 0 Å². The van der Waals surface area contributed by atoms with Gasteiger partial charge in [-0.2, -0.15) is 8.78 Å². The highest BCUT2D eigenvalue weighted by Gasteiger charge is 2.04. The van der Waals surface area contributed by atoms with Crippen LogP contribution in [0.25, 0.3) is 0 Å². The largest absolute Gasteiger partial charge is 0.427 e. The minimum atomic E-state index is -1.71. The second kappa shape index (κ2) is 6.78. The van der Waals surface area contributed by atoms with Gasteiger partial charge in [-0.05, 0) is 38.0 Å². The molecule has 0 aliphatic rings. The van der Waals surface area contributed by atoms with Crippen LogP contribution in [0.5, 0.6) is 5.75 Å². The van der Waals surface area contributed by atoms with Crippen molar-refractivity contribution in [3.63, 3.8) is 0 Å². The monoisotopic (exact) mass is 240 g/mol. The van der Waals surface area contributed by atoms with E-state index in [-0.39, 0.29) is 12.8 Å². The lowest BCUT2D eigenvalue weighted by Crippen LogP contribution is -2.07. The quantitative estimate of drug-likeness (QED) is 0.444. The SMILES string of the molecule is Cc1ccc(OC(=O)CCCC=C(F)F)cc1. The molecule has 2 nitrogen and oxygen atoms in total. The summed E-state index contributed by atoms with van der Waals surface area (Å²) >= 11 is 0. The number of carbonyl (C=O) groups is 1. The highest BCUT2D eigenvalue weighted by molar-refractivity contribution is 5.72. The normalized spacial score (nSPS) is 9.82. The number of ether oxygens (including phenoxy) is 1. The Hall–Kier alpha value is -1.71. The predicted octanol–water partition coefficient (Wildman–Crippen LogP) is 3.85. The molecule has 0 spiro atoms. The second-order valence-corrected chi connectivity index (χ2v) is 3.67. The summed E-state index contributed by atoms with van der Waals surface area (Å²) in [4.78, 5) is 11.3. The van der Waals surface area contributed by atoms with E-state index in [0.717, 1.165) is 11.6 Å². The van der Waals surface area contributed by atoms with Gasteiger partial charge in [0.15, 0.2) is 0 Å². The van der Waals surface area contributed by atoms with Gasteiger partial charge in [-0.15, -0.1) is 0 Å². The summed E-state index contributed by atoms with van der Waals surface area (Å²) in [6.45, 7) is 1.93. The van der Waals surface area contributed by atoms with Crippen molar-refractivity contribution >= 4 is 5.97 Å². The fourth-order valence-electron chi connectivity index (χ4n) is 1.25. The molecule has 0 radical (unpaired) electrons. The maximum atomic E-state index is 11.7. The maximum Gasteiger partial charge on any atom is 0.311 e. The zero-order chi connectivity index (χ0) is 12.7. The summed E-state index contributed by atoms with van der Waals surface area (Å²) in [5.41, 5.74) is 1.08. The van der Waals surface area contributed by atoms with Crippen LogP contribution in [0.15, 0.2) is 36.4 Å². The standard InChI is InChI=1S/C13H14F2O2/c1-10-6-8-11(9-7-10)17-13(16)5-3-2-4-12(14)15/h4,6-9H,2-3,5H2,1H3. The molecular formula is C13H14F2O2. The number of benzene rings is 1. The number of esters is 1. The molecule has 0 heterocycles. The fourth-order valence-corrected chi connectivity index (χ4v) is 1.25. The third-order valence-corrected chi connectivity index (χ3v) is 2.14. The van der Waals surface area contributed by atoms with Gasteiger partial charge in [0, 0.05) is 6.42 Å². The van der Waals surface area contributed by atoms with Crippen molar-refractivity contribution in [1.82, 2.24) is 0 Å². The first-order valence-electron chi connectivity index (χ1n) is 5.36. The molecule has 0 unspecified atom stereocenters. The Morgan fingerprint density at radius 2 is 1.94 bits per heavy atom. The molecule has 0 saturated heterocycles. The van der Waals surface area contributed by atoms with E-state index in [4.69, 9.17) is 4.74 Å². The van der Waals surface area contributed by atoms with Gasteiger partial charge >= 0.3 is 5.97 Å². The Kier molecular flexibility index (Phi) is 5.33. The fraction of sp³-hybridized carbons (Fsp3) is 0.308. The number of allylic oxidation sites excluding steroid dienone is 1. The number of hydrogen-bond acceptors (Lipinski definition) is 2.